The van der Waals surface area contributed by atoms with Gasteiger partial charge >= 0.3 is 0 Å². The van der Waals surface area contributed by atoms with Crippen molar-refractivity contribution < 1.29 is 0 Å². The van der Waals surface area contributed by atoms with E-state index in [2.05, 4.69) is 40.4 Å². The first-order valence-corrected chi connectivity index (χ1v) is 7.48. The largest absolute Gasteiger partial charge is 0.329 e. The zero-order valence-corrected chi connectivity index (χ0v) is 10.7. The van der Waals surface area contributed by atoms with Crippen LogP contribution >= 0.6 is 23.1 Å². The van der Waals surface area contributed by atoms with E-state index in [4.69, 9.17) is 5.73 Å². The molecule has 1 saturated heterocycles. The molecule has 0 aliphatic carbocycles. The fraction of sp³-hybridized carbons (Fsp3) is 0.636. The number of hydrogen-bond acceptors (Lipinski definition) is 4. The van der Waals surface area contributed by atoms with Crippen LogP contribution in [0.2, 0.25) is 0 Å². The van der Waals surface area contributed by atoms with Crippen LogP contribution in [0.25, 0.3) is 0 Å². The number of thiophene rings is 1. The maximum absolute atomic E-state index is 5.91. The summed E-state index contributed by atoms with van der Waals surface area (Å²) in [6.45, 7) is 4.20. The molecular formula is C11H18N2S2. The minimum absolute atomic E-state index is 0.423. The highest BCUT2D eigenvalue weighted by atomic mass is 32.2. The van der Waals surface area contributed by atoms with Crippen LogP contribution in [0.3, 0.4) is 0 Å². The molecule has 2 nitrogen and oxygen atoms in total. The monoisotopic (exact) mass is 242 g/mol. The molecule has 0 bridgehead atoms. The van der Waals surface area contributed by atoms with E-state index in [1.807, 2.05) is 0 Å². The van der Waals surface area contributed by atoms with Gasteiger partial charge in [0.05, 0.1) is 0 Å². The maximum atomic E-state index is 5.91. The molecule has 0 amide bonds. The van der Waals surface area contributed by atoms with Crippen molar-refractivity contribution in [2.75, 3.05) is 24.6 Å². The van der Waals surface area contributed by atoms with E-state index in [-0.39, 0.29) is 0 Å². The molecule has 2 unspecified atom stereocenters. The number of nitrogens with two attached hydrogens (primary N) is 1. The van der Waals surface area contributed by atoms with Gasteiger partial charge in [0.25, 0.3) is 0 Å². The van der Waals surface area contributed by atoms with E-state index < -0.39 is 0 Å². The second-order valence-corrected chi connectivity index (χ2v) is 5.90. The van der Waals surface area contributed by atoms with Crippen LogP contribution < -0.4 is 5.73 Å². The molecule has 2 atom stereocenters. The molecule has 0 aromatic carbocycles. The third kappa shape index (κ3) is 2.56. The van der Waals surface area contributed by atoms with E-state index in [9.17, 15) is 0 Å². The lowest BCUT2D eigenvalue weighted by Gasteiger charge is -2.38. The Morgan fingerprint density at radius 2 is 2.53 bits per heavy atom. The standard InChI is InChI=1S/C11H18N2S2/c1-9-7-15-5-3-13(9)11(6-12)10-2-4-14-8-10/h2,4,8-9,11H,3,5-7,12H2,1H3. The molecule has 1 aliphatic rings. The summed E-state index contributed by atoms with van der Waals surface area (Å²) in [4.78, 5) is 2.55. The average molecular weight is 242 g/mol. The Kier molecular flexibility index (Phi) is 4.08. The van der Waals surface area contributed by atoms with Crippen molar-refractivity contribution in [2.24, 2.45) is 5.73 Å². The van der Waals surface area contributed by atoms with Gasteiger partial charge in [-0.2, -0.15) is 23.1 Å². The van der Waals surface area contributed by atoms with Crippen LogP contribution in [0, 0.1) is 0 Å². The van der Waals surface area contributed by atoms with Gasteiger partial charge in [0.1, 0.15) is 0 Å². The van der Waals surface area contributed by atoms with Gasteiger partial charge in [0.2, 0.25) is 0 Å². The van der Waals surface area contributed by atoms with Gasteiger partial charge in [-0.05, 0) is 29.3 Å². The molecule has 2 N–H and O–H groups in total. The fourth-order valence-corrected chi connectivity index (χ4v) is 3.88. The molecule has 0 radical (unpaired) electrons. The predicted molar refractivity (Wildman–Crippen MR) is 69.6 cm³/mol. The molecule has 1 aromatic rings. The number of thioether (sulfide) groups is 1. The van der Waals surface area contributed by atoms with Crippen molar-refractivity contribution in [3.05, 3.63) is 22.4 Å². The second-order valence-electron chi connectivity index (χ2n) is 3.97. The highest BCUT2D eigenvalue weighted by molar-refractivity contribution is 7.99. The SMILES string of the molecule is CC1CSCCN1C(CN)c1ccsc1. The normalized spacial score (nSPS) is 25.3. The van der Waals surface area contributed by atoms with E-state index in [0.717, 1.165) is 6.54 Å². The molecular weight excluding hydrogens is 224 g/mol. The van der Waals surface area contributed by atoms with Crippen LogP contribution in [0.1, 0.15) is 18.5 Å². The van der Waals surface area contributed by atoms with E-state index >= 15 is 0 Å². The van der Waals surface area contributed by atoms with Crippen molar-refractivity contribution in [2.45, 2.75) is 19.0 Å². The molecule has 2 rings (SSSR count). The quantitative estimate of drug-likeness (QED) is 0.881. The summed E-state index contributed by atoms with van der Waals surface area (Å²) in [5.74, 6) is 2.48. The van der Waals surface area contributed by atoms with Crippen LogP contribution in [-0.2, 0) is 0 Å². The number of hydrogen-bond donors (Lipinski definition) is 1. The van der Waals surface area contributed by atoms with Crippen LogP contribution in [0.15, 0.2) is 16.8 Å². The van der Waals surface area contributed by atoms with Gasteiger partial charge < -0.3 is 5.73 Å². The zero-order valence-electron chi connectivity index (χ0n) is 9.06. The van der Waals surface area contributed by atoms with Crippen LogP contribution in [0.4, 0.5) is 0 Å². The third-order valence-electron chi connectivity index (χ3n) is 2.97. The molecule has 4 heteroatoms. The van der Waals surface area contributed by atoms with Gasteiger partial charge in [-0.15, -0.1) is 0 Å². The fourth-order valence-electron chi connectivity index (χ4n) is 2.13. The first kappa shape index (κ1) is 11.5. The first-order chi connectivity index (χ1) is 7.33. The first-order valence-electron chi connectivity index (χ1n) is 5.38. The minimum atomic E-state index is 0.423. The summed E-state index contributed by atoms with van der Waals surface area (Å²) < 4.78 is 0. The van der Waals surface area contributed by atoms with Gasteiger partial charge in [-0.25, -0.2) is 0 Å². The summed E-state index contributed by atoms with van der Waals surface area (Å²) in [5.41, 5.74) is 7.30. The highest BCUT2D eigenvalue weighted by Crippen LogP contribution is 2.28. The minimum Gasteiger partial charge on any atom is -0.329 e. The smallest absolute Gasteiger partial charge is 0.0482 e. The molecule has 1 aromatic heterocycles. The Labute approximate surface area is 99.8 Å². The molecule has 1 aliphatic heterocycles. The van der Waals surface area contributed by atoms with Crippen molar-refractivity contribution in [1.82, 2.24) is 4.90 Å². The molecule has 84 valence electrons. The average Bonchev–Trinajstić information content (AvgIpc) is 2.75. The Hall–Kier alpha value is -0.0300. The molecule has 15 heavy (non-hydrogen) atoms. The summed E-state index contributed by atoms with van der Waals surface area (Å²) >= 11 is 3.81. The van der Waals surface area contributed by atoms with E-state index in [1.165, 1.54) is 23.6 Å². The molecule has 0 saturated carbocycles. The van der Waals surface area contributed by atoms with Gasteiger partial charge in [0.15, 0.2) is 0 Å². The van der Waals surface area contributed by atoms with Gasteiger partial charge in [-0.1, -0.05) is 0 Å². The lowest BCUT2D eigenvalue weighted by Crippen LogP contribution is -2.45. The Morgan fingerprint density at radius 1 is 1.67 bits per heavy atom. The van der Waals surface area contributed by atoms with Crippen molar-refractivity contribution in [3.63, 3.8) is 0 Å². The lowest BCUT2D eigenvalue weighted by molar-refractivity contribution is 0.166. The van der Waals surface area contributed by atoms with Crippen LogP contribution in [0.5, 0.6) is 0 Å². The molecule has 1 fully saturated rings. The molecule has 2 heterocycles. The van der Waals surface area contributed by atoms with E-state index in [0.29, 0.717) is 12.1 Å². The highest BCUT2D eigenvalue weighted by Gasteiger charge is 2.26. The topological polar surface area (TPSA) is 29.3 Å². The number of rotatable bonds is 3. The lowest BCUT2D eigenvalue weighted by atomic mass is 10.1. The molecule has 0 spiro atoms. The van der Waals surface area contributed by atoms with Crippen LogP contribution in [-0.4, -0.2) is 35.5 Å². The Balaban J connectivity index is 2.11. The van der Waals surface area contributed by atoms with Crippen molar-refractivity contribution >= 4 is 23.1 Å². The summed E-state index contributed by atoms with van der Waals surface area (Å²) in [7, 11) is 0. The maximum Gasteiger partial charge on any atom is 0.0482 e. The second kappa shape index (κ2) is 5.34. The summed E-state index contributed by atoms with van der Waals surface area (Å²) in [6.07, 6.45) is 0. The van der Waals surface area contributed by atoms with Crippen molar-refractivity contribution in [1.29, 1.82) is 0 Å². The summed E-state index contributed by atoms with van der Waals surface area (Å²) in [5, 5.41) is 4.37. The van der Waals surface area contributed by atoms with Crippen molar-refractivity contribution in [3.8, 4) is 0 Å². The Morgan fingerprint density at radius 3 is 3.13 bits per heavy atom. The number of nitrogens with zero attached hydrogens (tertiary/aromatic N) is 1. The van der Waals surface area contributed by atoms with E-state index in [1.54, 1.807) is 11.3 Å². The third-order valence-corrected chi connectivity index (χ3v) is 4.86. The summed E-state index contributed by atoms with van der Waals surface area (Å²) in [6, 6.07) is 3.28. The van der Waals surface area contributed by atoms with Gasteiger partial charge in [-0.3, -0.25) is 4.90 Å². The Bertz CT molecular complexity index is 287. The zero-order chi connectivity index (χ0) is 10.7. The predicted octanol–water partition coefficient (Wildman–Crippen LogP) is 2.19. The van der Waals surface area contributed by atoms with Gasteiger partial charge in [0, 0.05) is 36.7 Å².